The molecule has 0 amide bonds. The summed E-state index contributed by atoms with van der Waals surface area (Å²) >= 11 is 7.27. The summed E-state index contributed by atoms with van der Waals surface area (Å²) in [6, 6.07) is 7.29. The predicted octanol–water partition coefficient (Wildman–Crippen LogP) is 3.89. The van der Waals surface area contributed by atoms with Crippen molar-refractivity contribution in [3.05, 3.63) is 51.6 Å². The molecule has 10 nitrogen and oxygen atoms in total. The summed E-state index contributed by atoms with van der Waals surface area (Å²) in [5, 5.41) is 19.0. The van der Waals surface area contributed by atoms with E-state index in [9.17, 15) is 10.1 Å². The van der Waals surface area contributed by atoms with Crippen molar-refractivity contribution in [3.63, 3.8) is 0 Å². The Kier molecular flexibility index (Phi) is 4.53. The van der Waals surface area contributed by atoms with Gasteiger partial charge in [0, 0.05) is 6.07 Å². The predicted molar refractivity (Wildman–Crippen MR) is 105 cm³/mol. The van der Waals surface area contributed by atoms with Gasteiger partial charge in [0.05, 0.1) is 27.9 Å². The lowest BCUT2D eigenvalue weighted by molar-refractivity contribution is -0.384. The summed E-state index contributed by atoms with van der Waals surface area (Å²) in [5.74, 6) is 1.15. The van der Waals surface area contributed by atoms with Gasteiger partial charge in [-0.25, -0.2) is 15.0 Å². The third kappa shape index (κ3) is 3.21. The van der Waals surface area contributed by atoms with Gasteiger partial charge in [-0.3, -0.25) is 10.1 Å². The molecule has 0 spiro atoms. The number of thiazole rings is 1. The lowest BCUT2D eigenvalue weighted by Gasteiger charge is -2.07. The number of hydrogen-bond donors (Lipinski definition) is 1. The molecular formula is C16H12ClN7O3S. The number of methoxy groups -OCH3 is 1. The fourth-order valence-corrected chi connectivity index (χ4v) is 3.74. The number of halogens is 1. The van der Waals surface area contributed by atoms with Gasteiger partial charge in [0.15, 0.2) is 0 Å². The highest BCUT2D eigenvalue weighted by Gasteiger charge is 2.23. The van der Waals surface area contributed by atoms with Gasteiger partial charge in [0.2, 0.25) is 16.1 Å². The molecule has 0 aliphatic carbocycles. The van der Waals surface area contributed by atoms with Gasteiger partial charge < -0.3 is 10.1 Å². The fraction of sp³-hybridized carbons (Fsp3) is 0.125. The smallest absolute Gasteiger partial charge is 0.348 e. The van der Waals surface area contributed by atoms with Crippen LogP contribution in [0.5, 0.6) is 5.75 Å². The number of aromatic nitrogens is 5. The molecule has 4 rings (SSSR count). The minimum atomic E-state index is -0.637. The number of nitrogens with one attached hydrogen (secondary N) is 1. The van der Waals surface area contributed by atoms with Crippen LogP contribution in [0, 0.1) is 17.0 Å². The number of anilines is 2. The highest BCUT2D eigenvalue weighted by atomic mass is 35.5. The van der Waals surface area contributed by atoms with Crippen LogP contribution in [0.25, 0.3) is 15.3 Å². The van der Waals surface area contributed by atoms with E-state index in [0.717, 1.165) is 22.3 Å². The van der Waals surface area contributed by atoms with Crippen LogP contribution in [0.3, 0.4) is 0 Å². The zero-order valence-corrected chi connectivity index (χ0v) is 16.2. The molecule has 1 N–H and O–H groups in total. The van der Waals surface area contributed by atoms with E-state index in [2.05, 4.69) is 25.4 Å². The van der Waals surface area contributed by atoms with E-state index in [4.69, 9.17) is 16.3 Å². The standard InChI is InChI=1S/C16H12ClN7O3S/c1-8-5-12(21-15-13(24(25)26)14(17)18-7-19-15)23(22-8)16-20-10-4-3-9(27-2)6-11(10)28-16/h3-7H,1-2H3,(H,18,19,21). The van der Waals surface area contributed by atoms with Crippen molar-refractivity contribution < 1.29 is 9.66 Å². The minimum absolute atomic E-state index is 0.0334. The largest absolute Gasteiger partial charge is 0.497 e. The number of rotatable bonds is 5. The quantitative estimate of drug-likeness (QED) is 0.295. The monoisotopic (exact) mass is 417 g/mol. The van der Waals surface area contributed by atoms with Crippen LogP contribution >= 0.6 is 22.9 Å². The maximum atomic E-state index is 11.3. The summed E-state index contributed by atoms with van der Waals surface area (Å²) in [7, 11) is 1.60. The molecule has 3 heterocycles. The number of nitro groups is 1. The molecule has 142 valence electrons. The average Bonchev–Trinajstić information content (AvgIpc) is 3.23. The van der Waals surface area contributed by atoms with Gasteiger partial charge in [-0.15, -0.1) is 0 Å². The summed E-state index contributed by atoms with van der Waals surface area (Å²) in [6.07, 6.45) is 1.15. The van der Waals surface area contributed by atoms with Crippen molar-refractivity contribution in [3.8, 4) is 10.9 Å². The second-order valence-corrected chi connectivity index (χ2v) is 7.02. The first-order valence-electron chi connectivity index (χ1n) is 7.90. The lowest BCUT2D eigenvalue weighted by atomic mass is 10.3. The molecule has 12 heteroatoms. The second kappa shape index (κ2) is 7.02. The van der Waals surface area contributed by atoms with E-state index >= 15 is 0 Å². The molecule has 0 fully saturated rings. The Labute approximate surface area is 166 Å². The van der Waals surface area contributed by atoms with E-state index in [1.54, 1.807) is 24.8 Å². The van der Waals surface area contributed by atoms with Crippen LogP contribution in [0.2, 0.25) is 5.15 Å². The second-order valence-electron chi connectivity index (χ2n) is 5.66. The molecule has 0 aliphatic rings. The maximum Gasteiger partial charge on any atom is 0.348 e. The summed E-state index contributed by atoms with van der Waals surface area (Å²) in [4.78, 5) is 22.9. The Morgan fingerprint density at radius 1 is 1.32 bits per heavy atom. The van der Waals surface area contributed by atoms with Crippen LogP contribution in [-0.2, 0) is 0 Å². The van der Waals surface area contributed by atoms with Gasteiger partial charge >= 0.3 is 5.69 Å². The summed E-state index contributed by atoms with van der Waals surface area (Å²) in [5.41, 5.74) is 1.07. The van der Waals surface area contributed by atoms with Crippen molar-refractivity contribution in [2.24, 2.45) is 0 Å². The molecule has 1 aromatic carbocycles. The van der Waals surface area contributed by atoms with Crippen molar-refractivity contribution >= 4 is 50.5 Å². The molecule has 28 heavy (non-hydrogen) atoms. The molecule has 0 saturated heterocycles. The molecule has 0 saturated carbocycles. The van der Waals surface area contributed by atoms with E-state index < -0.39 is 10.6 Å². The molecule has 0 unspecified atom stereocenters. The maximum absolute atomic E-state index is 11.3. The minimum Gasteiger partial charge on any atom is -0.497 e. The van der Waals surface area contributed by atoms with Crippen LogP contribution in [0.15, 0.2) is 30.6 Å². The summed E-state index contributed by atoms with van der Waals surface area (Å²) < 4.78 is 7.73. The zero-order valence-electron chi connectivity index (χ0n) is 14.6. The molecular weight excluding hydrogens is 406 g/mol. The Morgan fingerprint density at radius 3 is 2.89 bits per heavy atom. The molecule has 3 aromatic heterocycles. The highest BCUT2D eigenvalue weighted by molar-refractivity contribution is 7.20. The molecule has 0 atom stereocenters. The first-order valence-corrected chi connectivity index (χ1v) is 9.09. The van der Waals surface area contributed by atoms with Crippen molar-refractivity contribution in [2.45, 2.75) is 6.92 Å². The molecule has 0 bridgehead atoms. The summed E-state index contributed by atoms with van der Waals surface area (Å²) in [6.45, 7) is 1.80. The Balaban J connectivity index is 1.78. The normalized spacial score (nSPS) is 11.0. The first-order chi connectivity index (χ1) is 13.5. The third-order valence-electron chi connectivity index (χ3n) is 3.80. The SMILES string of the molecule is COc1ccc2nc(-n3nc(C)cc3Nc3ncnc(Cl)c3[N+](=O)[O-])sc2c1. The van der Waals surface area contributed by atoms with Crippen molar-refractivity contribution in [1.29, 1.82) is 0 Å². The van der Waals surface area contributed by atoms with Gasteiger partial charge in [0.25, 0.3) is 0 Å². The Morgan fingerprint density at radius 2 is 2.14 bits per heavy atom. The third-order valence-corrected chi connectivity index (χ3v) is 5.07. The molecule has 0 radical (unpaired) electrons. The number of hydrogen-bond acceptors (Lipinski definition) is 9. The number of benzene rings is 1. The van der Waals surface area contributed by atoms with Crippen molar-refractivity contribution in [2.75, 3.05) is 12.4 Å². The number of ether oxygens (including phenoxy) is 1. The Hall–Kier alpha value is -3.31. The van der Waals surface area contributed by atoms with Gasteiger partial charge in [-0.05, 0) is 25.1 Å². The van der Waals surface area contributed by atoms with Gasteiger partial charge in [-0.2, -0.15) is 9.78 Å². The van der Waals surface area contributed by atoms with Crippen LogP contribution < -0.4 is 10.1 Å². The van der Waals surface area contributed by atoms with Crippen molar-refractivity contribution in [1.82, 2.24) is 24.7 Å². The van der Waals surface area contributed by atoms with E-state index in [1.165, 1.54) is 11.3 Å². The van der Waals surface area contributed by atoms with Crippen LogP contribution in [0.1, 0.15) is 5.69 Å². The highest BCUT2D eigenvalue weighted by Crippen LogP contribution is 2.33. The zero-order chi connectivity index (χ0) is 19.8. The Bertz CT molecular complexity index is 1210. The van der Waals surface area contributed by atoms with Gasteiger partial charge in [-0.1, -0.05) is 22.9 Å². The fourth-order valence-electron chi connectivity index (χ4n) is 2.58. The first kappa shape index (κ1) is 18.1. The molecule has 0 aliphatic heterocycles. The average molecular weight is 418 g/mol. The van der Waals surface area contributed by atoms with E-state index in [-0.39, 0.29) is 11.0 Å². The number of aryl methyl sites for hydroxylation is 1. The van der Waals surface area contributed by atoms with Gasteiger partial charge in [0.1, 0.15) is 17.9 Å². The lowest BCUT2D eigenvalue weighted by Crippen LogP contribution is -2.06. The number of nitrogens with zero attached hydrogens (tertiary/aromatic N) is 6. The van der Waals surface area contributed by atoms with E-state index in [0.29, 0.717) is 16.6 Å². The van der Waals surface area contributed by atoms with Crippen LogP contribution in [0.4, 0.5) is 17.3 Å². The molecule has 4 aromatic rings. The van der Waals surface area contributed by atoms with E-state index in [1.807, 2.05) is 18.2 Å². The topological polar surface area (TPSA) is 121 Å². The number of fused-ring (bicyclic) bond motifs is 1. The van der Waals surface area contributed by atoms with Crippen LogP contribution in [-0.4, -0.2) is 36.8 Å².